The van der Waals surface area contributed by atoms with Crippen LogP contribution in [0.15, 0.2) is 59.6 Å². The van der Waals surface area contributed by atoms with Crippen molar-refractivity contribution in [2.75, 3.05) is 39.3 Å². The monoisotopic (exact) mass is 736 g/mol. The second kappa shape index (κ2) is 18.7. The van der Waals surface area contributed by atoms with Crippen LogP contribution in [0.25, 0.3) is 0 Å². The molecule has 0 spiro atoms. The molecule has 7 heteroatoms. The Labute approximate surface area is 328 Å². The lowest BCUT2D eigenvalue weighted by molar-refractivity contribution is 0.137. The van der Waals surface area contributed by atoms with Crippen molar-refractivity contribution in [1.29, 1.82) is 5.41 Å². The molecular formula is C47H73N7. The Morgan fingerprint density at radius 1 is 0.741 bits per heavy atom. The molecule has 5 aliphatic rings. The van der Waals surface area contributed by atoms with Crippen molar-refractivity contribution in [3.63, 3.8) is 0 Å². The molecule has 7 nitrogen and oxygen atoms in total. The summed E-state index contributed by atoms with van der Waals surface area (Å²) in [7, 11) is 0. The van der Waals surface area contributed by atoms with Crippen molar-refractivity contribution in [3.8, 4) is 0 Å². The predicted octanol–water partition coefficient (Wildman–Crippen LogP) is 8.92. The third-order valence-corrected chi connectivity index (χ3v) is 14.0. The van der Waals surface area contributed by atoms with E-state index in [0.717, 1.165) is 75.9 Å². The summed E-state index contributed by atoms with van der Waals surface area (Å²) in [6.45, 7) is 12.9. The molecule has 2 aromatic carbocycles. The molecule has 0 bridgehead atoms. The molecule has 0 amide bonds. The van der Waals surface area contributed by atoms with Crippen molar-refractivity contribution < 1.29 is 0 Å². The maximum atomic E-state index is 9.98. The number of hydrogen-bond donors (Lipinski definition) is 2. The van der Waals surface area contributed by atoms with Crippen LogP contribution in [0.1, 0.15) is 133 Å². The number of likely N-dealkylation sites (tertiary alicyclic amines) is 1. The SMILES string of the molecule is CC(C)Cc1ccc(C(C)CN2C(=N)N([C@@H](CC3CCCCC3)CN3CCCC3CN3C(N)=NC[C@@H]3Cc3ccccc3)C[C@H]2CC2CCCCC2)cc1. The third-order valence-electron chi connectivity index (χ3n) is 14.0. The normalized spacial score (nSPS) is 25.9. The van der Waals surface area contributed by atoms with Gasteiger partial charge in [-0.1, -0.05) is 140 Å². The molecule has 296 valence electrons. The van der Waals surface area contributed by atoms with Crippen molar-refractivity contribution in [3.05, 3.63) is 71.3 Å². The van der Waals surface area contributed by atoms with E-state index in [1.807, 2.05) is 0 Å². The van der Waals surface area contributed by atoms with Crippen molar-refractivity contribution in [2.45, 2.75) is 154 Å². The Kier molecular flexibility index (Phi) is 13.6. The molecule has 54 heavy (non-hydrogen) atoms. The Bertz CT molecular complexity index is 1480. The van der Waals surface area contributed by atoms with Crippen LogP contribution in [0, 0.1) is 23.2 Å². The van der Waals surface area contributed by atoms with Gasteiger partial charge in [-0.25, -0.2) is 0 Å². The van der Waals surface area contributed by atoms with Gasteiger partial charge in [0.25, 0.3) is 0 Å². The highest BCUT2D eigenvalue weighted by Gasteiger charge is 2.42. The number of aliphatic imine (C=N–C) groups is 1. The van der Waals surface area contributed by atoms with Crippen LogP contribution in [-0.2, 0) is 12.8 Å². The van der Waals surface area contributed by atoms with Gasteiger partial charge >= 0.3 is 0 Å². The zero-order chi connectivity index (χ0) is 37.4. The van der Waals surface area contributed by atoms with Gasteiger partial charge in [0, 0.05) is 44.3 Å². The molecule has 0 radical (unpaired) electrons. The fourth-order valence-electron chi connectivity index (χ4n) is 11.0. The van der Waals surface area contributed by atoms with E-state index in [0.29, 0.717) is 36.0 Å². The maximum Gasteiger partial charge on any atom is 0.194 e. The van der Waals surface area contributed by atoms with Gasteiger partial charge in [-0.2, -0.15) is 0 Å². The van der Waals surface area contributed by atoms with Crippen LogP contribution in [-0.4, -0.2) is 95.0 Å². The number of nitrogens with one attached hydrogen (secondary N) is 1. The summed E-state index contributed by atoms with van der Waals surface area (Å²) in [5.74, 6) is 4.20. The molecule has 0 aromatic heterocycles. The first-order valence-corrected chi connectivity index (χ1v) is 22.4. The van der Waals surface area contributed by atoms with Crippen molar-refractivity contribution in [1.82, 2.24) is 19.6 Å². The minimum absolute atomic E-state index is 0.335. The summed E-state index contributed by atoms with van der Waals surface area (Å²) in [4.78, 5) is 15.2. The van der Waals surface area contributed by atoms with Gasteiger partial charge in [-0.3, -0.25) is 15.3 Å². The molecule has 4 fully saturated rings. The first-order valence-electron chi connectivity index (χ1n) is 22.4. The molecule has 2 saturated heterocycles. The van der Waals surface area contributed by atoms with Gasteiger partial charge < -0.3 is 20.4 Å². The summed E-state index contributed by atoms with van der Waals surface area (Å²) in [5.41, 5.74) is 10.8. The minimum Gasteiger partial charge on any atom is -0.370 e. The van der Waals surface area contributed by atoms with Gasteiger partial charge in [-0.15, -0.1) is 0 Å². The molecule has 2 aliphatic carbocycles. The van der Waals surface area contributed by atoms with Crippen LogP contribution in [0.4, 0.5) is 0 Å². The van der Waals surface area contributed by atoms with Gasteiger partial charge in [0.15, 0.2) is 11.9 Å². The average Bonchev–Trinajstić information content (AvgIpc) is 3.86. The maximum absolute atomic E-state index is 9.98. The number of hydrogen-bond acceptors (Lipinski definition) is 5. The Hall–Kier alpha value is -3.06. The standard InChI is InChI=1S/C47H73N7/c1-35(2)26-40-21-23-41(24-22-40)36(3)31-53-45(29-39-18-11-6-12-19-39)34-54(47(53)49)44(28-38-16-9-5-10-17-38)32-51-25-13-20-42(51)33-52-43(30-50-46(52)48)27-37-14-7-4-8-15-37/h4,7-8,14-15,21-24,35-36,38-39,42-45,49H,5-6,9-13,16-20,25-34H2,1-3H3,(H2,48,50)/t36?,42?,43-,44-,45+/m0/s1. The molecule has 2 aromatic rings. The topological polar surface area (TPSA) is 75.2 Å². The third kappa shape index (κ3) is 10.0. The molecule has 2 saturated carbocycles. The summed E-state index contributed by atoms with van der Waals surface area (Å²) in [6.07, 6.45) is 20.9. The van der Waals surface area contributed by atoms with E-state index < -0.39 is 0 Å². The van der Waals surface area contributed by atoms with E-state index in [-0.39, 0.29) is 0 Å². The first kappa shape index (κ1) is 39.2. The second-order valence-corrected chi connectivity index (χ2v) is 18.6. The molecular weight excluding hydrogens is 663 g/mol. The van der Waals surface area contributed by atoms with Crippen LogP contribution in [0.3, 0.4) is 0 Å². The fourth-order valence-corrected chi connectivity index (χ4v) is 11.0. The largest absolute Gasteiger partial charge is 0.370 e. The highest BCUT2D eigenvalue weighted by molar-refractivity contribution is 5.80. The Morgan fingerprint density at radius 3 is 2.15 bits per heavy atom. The Balaban J connectivity index is 1.08. The molecule has 2 unspecified atom stereocenters. The molecule has 3 aliphatic heterocycles. The van der Waals surface area contributed by atoms with Gasteiger partial charge in [0.1, 0.15) is 0 Å². The number of nitrogens with two attached hydrogens (primary N) is 1. The average molecular weight is 736 g/mol. The fraction of sp³-hybridized carbons (Fsp3) is 0.702. The minimum atomic E-state index is 0.335. The number of rotatable bonds is 16. The number of guanidine groups is 2. The highest BCUT2D eigenvalue weighted by Crippen LogP contribution is 2.36. The van der Waals surface area contributed by atoms with E-state index >= 15 is 0 Å². The lowest BCUT2D eigenvalue weighted by Crippen LogP contribution is -2.52. The molecule has 5 atom stereocenters. The van der Waals surface area contributed by atoms with E-state index in [9.17, 15) is 5.41 Å². The molecule has 3 N–H and O–H groups in total. The summed E-state index contributed by atoms with van der Waals surface area (Å²) in [6, 6.07) is 22.0. The van der Waals surface area contributed by atoms with E-state index in [4.69, 9.17) is 10.7 Å². The molecule has 3 heterocycles. The zero-order valence-electron chi connectivity index (χ0n) is 34.2. The van der Waals surface area contributed by atoms with Crippen molar-refractivity contribution in [2.24, 2.45) is 28.5 Å². The smallest absolute Gasteiger partial charge is 0.194 e. The Morgan fingerprint density at radius 2 is 1.44 bits per heavy atom. The lowest BCUT2D eigenvalue weighted by atomic mass is 9.83. The van der Waals surface area contributed by atoms with E-state index in [2.05, 4.69) is 95.0 Å². The van der Waals surface area contributed by atoms with Crippen LogP contribution in [0.2, 0.25) is 0 Å². The number of nitrogens with zero attached hydrogens (tertiary/aromatic N) is 5. The van der Waals surface area contributed by atoms with Crippen molar-refractivity contribution >= 4 is 11.9 Å². The van der Waals surface area contributed by atoms with Crippen LogP contribution in [0.5, 0.6) is 0 Å². The van der Waals surface area contributed by atoms with Gasteiger partial charge in [0.2, 0.25) is 0 Å². The summed E-state index contributed by atoms with van der Waals surface area (Å²) >= 11 is 0. The lowest BCUT2D eigenvalue weighted by Gasteiger charge is -2.39. The van der Waals surface area contributed by atoms with E-state index in [1.165, 1.54) is 107 Å². The number of benzene rings is 2. The van der Waals surface area contributed by atoms with Gasteiger partial charge in [0.05, 0.1) is 12.6 Å². The second-order valence-electron chi connectivity index (χ2n) is 18.6. The molecule has 7 rings (SSSR count). The van der Waals surface area contributed by atoms with Crippen LogP contribution < -0.4 is 5.73 Å². The highest BCUT2D eigenvalue weighted by atomic mass is 15.5. The van der Waals surface area contributed by atoms with Gasteiger partial charge in [-0.05, 0) is 85.4 Å². The predicted molar refractivity (Wildman–Crippen MR) is 226 cm³/mol. The summed E-state index contributed by atoms with van der Waals surface area (Å²) < 4.78 is 0. The zero-order valence-corrected chi connectivity index (χ0v) is 34.2. The van der Waals surface area contributed by atoms with Crippen LogP contribution >= 0.6 is 0 Å². The first-order chi connectivity index (χ1) is 26.3. The quantitative estimate of drug-likeness (QED) is 0.180. The summed E-state index contributed by atoms with van der Waals surface area (Å²) in [5, 5.41) is 9.98. The van der Waals surface area contributed by atoms with E-state index in [1.54, 1.807) is 0 Å².